The number of hydrogen-bond donors (Lipinski definition) is 1. The van der Waals surface area contributed by atoms with E-state index in [-0.39, 0.29) is 16.6 Å². The zero-order valence-corrected chi connectivity index (χ0v) is 8.55. The smallest absolute Gasteiger partial charge is 0.167 e. The molecule has 2 fully saturated rings. The van der Waals surface area contributed by atoms with Gasteiger partial charge in [0.2, 0.25) is 0 Å². The number of fused-ring (bicyclic) bond motifs is 2. The summed E-state index contributed by atoms with van der Waals surface area (Å²) in [5, 5.41) is 0. The molecule has 0 amide bonds. The number of rotatable bonds is 0. The molecule has 0 aromatic carbocycles. The lowest BCUT2D eigenvalue weighted by Gasteiger charge is -2.31. The predicted molar refractivity (Wildman–Crippen MR) is 51.9 cm³/mol. The summed E-state index contributed by atoms with van der Waals surface area (Å²) < 4.78 is 0. The fraction of sp³-hybridized carbons (Fsp3) is 0.727. The molecule has 0 aromatic rings. The molecule has 2 nitrogen and oxygen atoms in total. The van der Waals surface area contributed by atoms with Crippen molar-refractivity contribution in [3.8, 4) is 0 Å². The average Bonchev–Trinajstić information content (AvgIpc) is 2.36. The third kappa shape index (κ3) is 0.725. The van der Waals surface area contributed by atoms with Gasteiger partial charge in [0.05, 0.1) is 0 Å². The Morgan fingerprint density at radius 1 is 1.46 bits per heavy atom. The molecule has 0 aliphatic heterocycles. The second-order valence-electron chi connectivity index (χ2n) is 5.10. The molecule has 2 saturated carbocycles. The fourth-order valence-corrected chi connectivity index (χ4v) is 3.12. The molecule has 72 valence electrons. The molecular formula is C11H17NO. The summed E-state index contributed by atoms with van der Waals surface area (Å²) >= 11 is 0. The van der Waals surface area contributed by atoms with Crippen molar-refractivity contribution in [2.45, 2.75) is 33.6 Å². The van der Waals surface area contributed by atoms with Crippen molar-refractivity contribution >= 4 is 5.78 Å². The molecule has 2 atom stereocenters. The molecule has 0 heterocycles. The van der Waals surface area contributed by atoms with Gasteiger partial charge in [-0.15, -0.1) is 0 Å². The molecular weight excluding hydrogens is 162 g/mol. The quantitative estimate of drug-likeness (QED) is 0.577. The van der Waals surface area contributed by atoms with Crippen molar-refractivity contribution in [3.63, 3.8) is 0 Å². The molecule has 0 radical (unpaired) electrons. The topological polar surface area (TPSA) is 43.1 Å². The highest BCUT2D eigenvalue weighted by atomic mass is 16.1. The maximum Gasteiger partial charge on any atom is 0.167 e. The second kappa shape index (κ2) is 2.17. The molecule has 2 aliphatic rings. The maximum atomic E-state index is 12.0. The van der Waals surface area contributed by atoms with Gasteiger partial charge in [-0.1, -0.05) is 20.8 Å². The zero-order chi connectivity index (χ0) is 9.85. The van der Waals surface area contributed by atoms with Crippen molar-refractivity contribution in [3.05, 3.63) is 11.8 Å². The van der Waals surface area contributed by atoms with Crippen LogP contribution in [0.2, 0.25) is 0 Å². The first-order valence-corrected chi connectivity index (χ1v) is 4.92. The molecule has 13 heavy (non-hydrogen) atoms. The number of ketones is 1. The molecule has 2 N–H and O–H groups in total. The Bertz CT molecular complexity index is 303. The first-order chi connectivity index (χ1) is 5.95. The van der Waals surface area contributed by atoms with Crippen molar-refractivity contribution in [2.75, 3.05) is 0 Å². The van der Waals surface area contributed by atoms with Gasteiger partial charge in [0, 0.05) is 17.2 Å². The largest absolute Gasteiger partial charge is 0.404 e. The van der Waals surface area contributed by atoms with Crippen LogP contribution in [-0.2, 0) is 4.79 Å². The van der Waals surface area contributed by atoms with Crippen LogP contribution in [0.4, 0.5) is 0 Å². The van der Waals surface area contributed by atoms with Crippen LogP contribution in [0.5, 0.6) is 0 Å². The number of Topliss-reactive ketones (excluding diaryl/α,β-unsaturated/α-hetero) is 1. The van der Waals surface area contributed by atoms with E-state index in [1.165, 1.54) is 6.20 Å². The Hall–Kier alpha value is -0.790. The standard InChI is InChI=1S/C11H17NO/c1-10(2)8-4-5-11(10,3)9(13)7(8)6-12/h6,8H,4-5,12H2,1-3H3. The van der Waals surface area contributed by atoms with Crippen LogP contribution in [0.1, 0.15) is 33.6 Å². The van der Waals surface area contributed by atoms with Crippen LogP contribution >= 0.6 is 0 Å². The number of hydrogen-bond acceptors (Lipinski definition) is 2. The molecule has 2 bridgehead atoms. The Labute approximate surface area is 79.2 Å². The van der Waals surface area contributed by atoms with Crippen molar-refractivity contribution in [1.82, 2.24) is 0 Å². The highest BCUT2D eigenvalue weighted by Crippen LogP contribution is 2.65. The van der Waals surface area contributed by atoms with E-state index in [1.54, 1.807) is 0 Å². The summed E-state index contributed by atoms with van der Waals surface area (Å²) in [6.45, 7) is 6.48. The Balaban J connectivity index is 2.57. The normalized spacial score (nSPS) is 44.7. The number of carbonyl (C=O) groups excluding carboxylic acids is 1. The van der Waals surface area contributed by atoms with E-state index in [0.717, 1.165) is 18.4 Å². The van der Waals surface area contributed by atoms with E-state index in [1.807, 2.05) is 0 Å². The summed E-state index contributed by atoms with van der Waals surface area (Å²) in [5.41, 5.74) is 6.34. The molecule has 2 unspecified atom stereocenters. The highest BCUT2D eigenvalue weighted by Gasteiger charge is 2.63. The first kappa shape index (κ1) is 8.79. The molecule has 0 aromatic heterocycles. The number of carbonyl (C=O) groups is 1. The van der Waals surface area contributed by atoms with Crippen molar-refractivity contribution in [1.29, 1.82) is 0 Å². The average molecular weight is 179 g/mol. The SMILES string of the molecule is CC12CCC(C(=CN)C1=O)C2(C)C. The van der Waals surface area contributed by atoms with Crippen LogP contribution in [0.15, 0.2) is 11.8 Å². The van der Waals surface area contributed by atoms with Gasteiger partial charge in [-0.3, -0.25) is 4.79 Å². The number of nitrogens with two attached hydrogens (primary N) is 1. The van der Waals surface area contributed by atoms with E-state index >= 15 is 0 Å². The van der Waals surface area contributed by atoms with Crippen LogP contribution in [0.25, 0.3) is 0 Å². The Kier molecular flexibility index (Phi) is 1.47. The summed E-state index contributed by atoms with van der Waals surface area (Å²) in [7, 11) is 0. The van der Waals surface area contributed by atoms with E-state index in [2.05, 4.69) is 20.8 Å². The lowest BCUT2D eigenvalue weighted by atomic mass is 9.70. The minimum atomic E-state index is -0.150. The molecule has 2 aliphatic carbocycles. The fourth-order valence-electron chi connectivity index (χ4n) is 3.12. The van der Waals surface area contributed by atoms with Gasteiger partial charge in [-0.25, -0.2) is 0 Å². The highest BCUT2D eigenvalue weighted by molar-refractivity contribution is 6.04. The molecule has 2 heteroatoms. The summed E-state index contributed by atoms with van der Waals surface area (Å²) in [4.78, 5) is 12.0. The van der Waals surface area contributed by atoms with Gasteiger partial charge < -0.3 is 5.73 Å². The van der Waals surface area contributed by atoms with Crippen LogP contribution in [0.3, 0.4) is 0 Å². The Morgan fingerprint density at radius 3 is 2.38 bits per heavy atom. The third-order valence-corrected chi connectivity index (χ3v) is 4.54. The van der Waals surface area contributed by atoms with Gasteiger partial charge in [0.25, 0.3) is 0 Å². The van der Waals surface area contributed by atoms with E-state index < -0.39 is 0 Å². The van der Waals surface area contributed by atoms with E-state index in [0.29, 0.717) is 5.92 Å². The molecule has 0 saturated heterocycles. The molecule has 2 rings (SSSR count). The van der Waals surface area contributed by atoms with Crippen LogP contribution in [0, 0.1) is 16.7 Å². The monoisotopic (exact) mass is 179 g/mol. The summed E-state index contributed by atoms with van der Waals surface area (Å²) in [6.07, 6.45) is 3.68. The summed E-state index contributed by atoms with van der Waals surface area (Å²) in [5.74, 6) is 0.686. The summed E-state index contributed by atoms with van der Waals surface area (Å²) in [6, 6.07) is 0. The third-order valence-electron chi connectivity index (χ3n) is 4.54. The van der Waals surface area contributed by atoms with Crippen molar-refractivity contribution < 1.29 is 4.79 Å². The zero-order valence-electron chi connectivity index (χ0n) is 8.55. The predicted octanol–water partition coefficient (Wildman–Crippen LogP) is 1.85. The minimum absolute atomic E-state index is 0.106. The van der Waals surface area contributed by atoms with Gasteiger partial charge in [0.1, 0.15) is 0 Å². The van der Waals surface area contributed by atoms with E-state index in [4.69, 9.17) is 5.73 Å². The van der Waals surface area contributed by atoms with Crippen LogP contribution in [-0.4, -0.2) is 5.78 Å². The van der Waals surface area contributed by atoms with Crippen molar-refractivity contribution in [2.24, 2.45) is 22.5 Å². The molecule has 0 spiro atoms. The Morgan fingerprint density at radius 2 is 2.08 bits per heavy atom. The van der Waals surface area contributed by atoms with E-state index in [9.17, 15) is 4.79 Å². The minimum Gasteiger partial charge on any atom is -0.404 e. The first-order valence-electron chi connectivity index (χ1n) is 4.92. The lowest BCUT2D eigenvalue weighted by molar-refractivity contribution is -0.125. The van der Waals surface area contributed by atoms with Gasteiger partial charge >= 0.3 is 0 Å². The maximum absolute atomic E-state index is 12.0. The lowest BCUT2D eigenvalue weighted by Crippen LogP contribution is -2.32. The van der Waals surface area contributed by atoms with Gasteiger partial charge in [0.15, 0.2) is 5.78 Å². The van der Waals surface area contributed by atoms with Crippen LogP contribution < -0.4 is 5.73 Å². The number of allylic oxidation sites excluding steroid dienone is 1. The second-order valence-corrected chi connectivity index (χ2v) is 5.10. The van der Waals surface area contributed by atoms with Gasteiger partial charge in [-0.05, 0) is 24.2 Å². The van der Waals surface area contributed by atoms with Gasteiger partial charge in [-0.2, -0.15) is 0 Å².